The highest BCUT2D eigenvalue weighted by Gasteiger charge is 2.16. The molecular formula is C15H22N2O2. The summed E-state index contributed by atoms with van der Waals surface area (Å²) in [5.74, 6) is -0.328. The van der Waals surface area contributed by atoms with E-state index < -0.39 is 6.04 Å². The van der Waals surface area contributed by atoms with Crippen LogP contribution in [0.5, 0.6) is 0 Å². The van der Waals surface area contributed by atoms with Crippen LogP contribution < -0.4 is 10.6 Å². The molecule has 2 N–H and O–H groups in total. The van der Waals surface area contributed by atoms with Gasteiger partial charge < -0.3 is 15.4 Å². The third kappa shape index (κ3) is 3.70. The molecule has 1 atom stereocenters. The molecule has 0 spiro atoms. The topological polar surface area (TPSA) is 55.6 Å². The van der Waals surface area contributed by atoms with Crippen LogP contribution in [-0.4, -0.2) is 31.7 Å². The van der Waals surface area contributed by atoms with Crippen molar-refractivity contribution in [1.29, 1.82) is 0 Å². The van der Waals surface area contributed by atoms with Crippen LogP contribution in [0.3, 0.4) is 0 Å². The third-order valence-electron chi connectivity index (χ3n) is 3.45. The standard InChI is InChI=1S/C15H22N2O2/c1-2-19-15(18)14(16)11-12-5-7-13(8-6-12)17-9-3-4-10-17/h5-8,14H,2-4,9-11,16H2,1H3. The summed E-state index contributed by atoms with van der Waals surface area (Å²) in [5, 5.41) is 0. The number of benzene rings is 1. The number of nitrogens with two attached hydrogens (primary N) is 1. The van der Waals surface area contributed by atoms with Crippen molar-refractivity contribution in [2.45, 2.75) is 32.2 Å². The lowest BCUT2D eigenvalue weighted by Crippen LogP contribution is -2.34. The maximum Gasteiger partial charge on any atom is 0.323 e. The Bertz CT molecular complexity index is 411. The Hall–Kier alpha value is -1.55. The van der Waals surface area contributed by atoms with Gasteiger partial charge in [0.05, 0.1) is 6.61 Å². The number of rotatable bonds is 5. The van der Waals surface area contributed by atoms with E-state index in [9.17, 15) is 4.79 Å². The molecule has 0 bridgehead atoms. The molecule has 0 aliphatic carbocycles. The molecule has 4 nitrogen and oxygen atoms in total. The second-order valence-corrected chi connectivity index (χ2v) is 4.92. The van der Waals surface area contributed by atoms with E-state index >= 15 is 0 Å². The minimum atomic E-state index is -0.572. The van der Waals surface area contributed by atoms with Crippen molar-refractivity contribution in [3.8, 4) is 0 Å². The fourth-order valence-corrected chi connectivity index (χ4v) is 2.40. The van der Waals surface area contributed by atoms with Gasteiger partial charge in [-0.05, 0) is 43.9 Å². The van der Waals surface area contributed by atoms with Gasteiger partial charge >= 0.3 is 5.97 Å². The van der Waals surface area contributed by atoms with Gasteiger partial charge in [0.1, 0.15) is 6.04 Å². The summed E-state index contributed by atoms with van der Waals surface area (Å²) in [7, 11) is 0. The normalized spacial score (nSPS) is 16.4. The molecule has 1 fully saturated rings. The van der Waals surface area contributed by atoms with Gasteiger partial charge in [-0.15, -0.1) is 0 Å². The molecule has 1 aromatic rings. The minimum Gasteiger partial charge on any atom is -0.465 e. The van der Waals surface area contributed by atoms with Gasteiger partial charge in [0.15, 0.2) is 0 Å². The fraction of sp³-hybridized carbons (Fsp3) is 0.533. The molecule has 0 radical (unpaired) electrons. The molecule has 2 rings (SSSR count). The lowest BCUT2D eigenvalue weighted by atomic mass is 10.1. The summed E-state index contributed by atoms with van der Waals surface area (Å²) < 4.78 is 4.91. The first-order valence-corrected chi connectivity index (χ1v) is 6.97. The summed E-state index contributed by atoms with van der Waals surface area (Å²) in [4.78, 5) is 13.9. The van der Waals surface area contributed by atoms with Gasteiger partial charge in [-0.25, -0.2) is 0 Å². The van der Waals surface area contributed by atoms with Crippen molar-refractivity contribution < 1.29 is 9.53 Å². The van der Waals surface area contributed by atoms with Crippen LogP contribution in [0, 0.1) is 0 Å². The molecule has 1 saturated heterocycles. The Labute approximate surface area is 114 Å². The first-order chi connectivity index (χ1) is 9.20. The Morgan fingerprint density at radius 3 is 2.53 bits per heavy atom. The van der Waals surface area contributed by atoms with Gasteiger partial charge in [-0.1, -0.05) is 12.1 Å². The van der Waals surface area contributed by atoms with Crippen LogP contribution >= 0.6 is 0 Å². The maximum absolute atomic E-state index is 11.5. The van der Waals surface area contributed by atoms with Crippen LogP contribution in [0.25, 0.3) is 0 Å². The highest BCUT2D eigenvalue weighted by molar-refractivity contribution is 5.75. The summed E-state index contributed by atoms with van der Waals surface area (Å²) in [5.41, 5.74) is 8.14. The van der Waals surface area contributed by atoms with E-state index in [1.54, 1.807) is 6.92 Å². The van der Waals surface area contributed by atoms with Gasteiger partial charge in [0.25, 0.3) is 0 Å². The Kier molecular flexibility index (Phi) is 4.80. The molecule has 1 aliphatic heterocycles. The second kappa shape index (κ2) is 6.57. The number of nitrogens with zero attached hydrogens (tertiary/aromatic N) is 1. The van der Waals surface area contributed by atoms with E-state index in [0.717, 1.165) is 18.7 Å². The van der Waals surface area contributed by atoms with Crippen molar-refractivity contribution in [3.05, 3.63) is 29.8 Å². The van der Waals surface area contributed by atoms with E-state index in [-0.39, 0.29) is 5.97 Å². The largest absolute Gasteiger partial charge is 0.465 e. The Morgan fingerprint density at radius 1 is 1.32 bits per heavy atom. The minimum absolute atomic E-state index is 0.328. The lowest BCUT2D eigenvalue weighted by Gasteiger charge is -2.18. The number of hydrogen-bond acceptors (Lipinski definition) is 4. The molecule has 104 valence electrons. The molecule has 1 aromatic carbocycles. The number of carbonyl (C=O) groups is 1. The molecule has 1 unspecified atom stereocenters. The van der Waals surface area contributed by atoms with Crippen LogP contribution in [0.1, 0.15) is 25.3 Å². The molecule has 0 amide bonds. The van der Waals surface area contributed by atoms with Crippen molar-refractivity contribution in [2.75, 3.05) is 24.6 Å². The van der Waals surface area contributed by atoms with Crippen LogP contribution in [0.4, 0.5) is 5.69 Å². The first-order valence-electron chi connectivity index (χ1n) is 6.97. The van der Waals surface area contributed by atoms with Gasteiger partial charge in [0, 0.05) is 18.8 Å². The monoisotopic (exact) mass is 262 g/mol. The number of anilines is 1. The summed E-state index contributed by atoms with van der Waals surface area (Å²) in [6.07, 6.45) is 3.07. The third-order valence-corrected chi connectivity index (χ3v) is 3.45. The molecule has 4 heteroatoms. The predicted molar refractivity (Wildman–Crippen MR) is 76.2 cm³/mol. The molecular weight excluding hydrogens is 240 g/mol. The number of esters is 1. The predicted octanol–water partition coefficient (Wildman–Crippen LogP) is 1.72. The Balaban J connectivity index is 1.92. The quantitative estimate of drug-likeness (QED) is 0.821. The van der Waals surface area contributed by atoms with Gasteiger partial charge in [-0.2, -0.15) is 0 Å². The first kappa shape index (κ1) is 13.9. The van der Waals surface area contributed by atoms with E-state index in [0.29, 0.717) is 13.0 Å². The highest BCUT2D eigenvalue weighted by Crippen LogP contribution is 2.20. The zero-order chi connectivity index (χ0) is 13.7. The van der Waals surface area contributed by atoms with Crippen LogP contribution in [0.2, 0.25) is 0 Å². The van der Waals surface area contributed by atoms with Crippen molar-refractivity contribution in [1.82, 2.24) is 0 Å². The van der Waals surface area contributed by atoms with E-state index in [1.807, 2.05) is 12.1 Å². The summed E-state index contributed by atoms with van der Waals surface area (Å²) in [6.45, 7) is 4.44. The van der Waals surface area contributed by atoms with Crippen LogP contribution in [-0.2, 0) is 16.0 Å². The summed E-state index contributed by atoms with van der Waals surface area (Å²) >= 11 is 0. The van der Waals surface area contributed by atoms with Gasteiger partial charge in [0.2, 0.25) is 0 Å². The fourth-order valence-electron chi connectivity index (χ4n) is 2.40. The molecule has 0 saturated carbocycles. The van der Waals surface area contributed by atoms with Crippen molar-refractivity contribution in [2.24, 2.45) is 5.73 Å². The zero-order valence-corrected chi connectivity index (χ0v) is 11.5. The second-order valence-electron chi connectivity index (χ2n) is 4.92. The Morgan fingerprint density at radius 2 is 1.95 bits per heavy atom. The van der Waals surface area contributed by atoms with Crippen LogP contribution in [0.15, 0.2) is 24.3 Å². The number of ether oxygens (including phenoxy) is 1. The van der Waals surface area contributed by atoms with Crippen molar-refractivity contribution >= 4 is 11.7 Å². The maximum atomic E-state index is 11.5. The van der Waals surface area contributed by atoms with E-state index in [2.05, 4.69) is 17.0 Å². The SMILES string of the molecule is CCOC(=O)C(N)Cc1ccc(N2CCCC2)cc1. The van der Waals surface area contributed by atoms with Crippen molar-refractivity contribution in [3.63, 3.8) is 0 Å². The van der Waals surface area contributed by atoms with E-state index in [1.165, 1.54) is 18.5 Å². The number of carbonyl (C=O) groups excluding carboxylic acids is 1. The van der Waals surface area contributed by atoms with E-state index in [4.69, 9.17) is 10.5 Å². The average molecular weight is 262 g/mol. The lowest BCUT2D eigenvalue weighted by molar-refractivity contribution is -0.144. The smallest absolute Gasteiger partial charge is 0.323 e. The average Bonchev–Trinajstić information content (AvgIpc) is 2.94. The molecule has 1 aliphatic rings. The number of hydrogen-bond donors (Lipinski definition) is 1. The molecule has 1 heterocycles. The summed E-state index contributed by atoms with van der Waals surface area (Å²) in [6, 6.07) is 7.74. The highest BCUT2D eigenvalue weighted by atomic mass is 16.5. The molecule has 19 heavy (non-hydrogen) atoms. The molecule has 0 aromatic heterocycles. The zero-order valence-electron chi connectivity index (χ0n) is 11.5. The van der Waals surface area contributed by atoms with Gasteiger partial charge in [-0.3, -0.25) is 4.79 Å².